The van der Waals surface area contributed by atoms with Gasteiger partial charge >= 0.3 is 6.18 Å². The fourth-order valence-electron chi connectivity index (χ4n) is 7.30. The minimum Gasteiger partial charge on any atom is -0.303 e. The van der Waals surface area contributed by atoms with Gasteiger partial charge < -0.3 is 9.80 Å². The van der Waals surface area contributed by atoms with Crippen LogP contribution in [-0.4, -0.2) is 101 Å². The highest BCUT2D eigenvalue weighted by Gasteiger charge is 2.35. The van der Waals surface area contributed by atoms with Crippen LogP contribution in [0.1, 0.15) is 60.4 Å². The second-order valence-electron chi connectivity index (χ2n) is 13.4. The zero-order chi connectivity index (χ0) is 35.6. The molecule has 5 heterocycles. The fourth-order valence-corrected chi connectivity index (χ4v) is 9.88. The van der Waals surface area contributed by atoms with E-state index in [1.54, 1.807) is 18.5 Å². The van der Waals surface area contributed by atoms with E-state index in [0.717, 1.165) is 73.5 Å². The first-order valence-electron chi connectivity index (χ1n) is 17.0. The summed E-state index contributed by atoms with van der Waals surface area (Å²) >= 11 is 14.0. The van der Waals surface area contributed by atoms with Crippen LogP contribution in [0.3, 0.4) is 0 Å². The van der Waals surface area contributed by atoms with Crippen LogP contribution in [0, 0.1) is 0 Å². The number of likely N-dealkylation sites (tertiary alicyclic amines) is 2. The molecule has 3 aliphatic rings. The number of fused-ring (bicyclic) bond motifs is 1. The average molecular weight is 778 g/mol. The summed E-state index contributed by atoms with van der Waals surface area (Å²) in [6.45, 7) is 5.43. The van der Waals surface area contributed by atoms with E-state index in [4.69, 9.17) is 28.3 Å². The summed E-state index contributed by atoms with van der Waals surface area (Å²) in [6.07, 6.45) is 3.10. The third kappa shape index (κ3) is 8.98. The number of hydrogen-bond acceptors (Lipinski definition) is 7. The Bertz CT molecular complexity index is 1740. The first-order chi connectivity index (χ1) is 23.8. The normalized spacial score (nSPS) is 19.3. The topological polar surface area (TPSA) is 74.6 Å². The van der Waals surface area contributed by atoms with Gasteiger partial charge in [0.05, 0.1) is 27.6 Å². The van der Waals surface area contributed by atoms with Gasteiger partial charge in [-0.25, -0.2) is 12.8 Å². The van der Waals surface area contributed by atoms with Gasteiger partial charge in [0.2, 0.25) is 10.0 Å². The second kappa shape index (κ2) is 16.0. The maximum Gasteiger partial charge on any atom is 0.417 e. The third-order valence-corrected chi connectivity index (χ3v) is 12.9. The molecule has 2 saturated heterocycles. The van der Waals surface area contributed by atoms with Crippen molar-refractivity contribution in [3.05, 3.63) is 63.0 Å². The molecule has 3 aromatic rings. The smallest absolute Gasteiger partial charge is 0.303 e. The van der Waals surface area contributed by atoms with Crippen molar-refractivity contribution in [2.24, 2.45) is 0 Å². The molecule has 0 amide bonds. The number of pyridine rings is 1. The number of thioether (sulfide) groups is 1. The van der Waals surface area contributed by atoms with Crippen molar-refractivity contribution in [3.8, 4) is 11.3 Å². The van der Waals surface area contributed by atoms with Gasteiger partial charge in [-0.2, -0.15) is 22.6 Å². The van der Waals surface area contributed by atoms with E-state index in [-0.39, 0.29) is 17.4 Å². The zero-order valence-electron chi connectivity index (χ0n) is 27.9. The lowest BCUT2D eigenvalue weighted by Gasteiger charge is -2.32. The van der Waals surface area contributed by atoms with Crippen LogP contribution in [0.15, 0.2) is 35.5 Å². The number of aryl methyl sites for hydroxylation is 1. The van der Waals surface area contributed by atoms with Gasteiger partial charge in [0.1, 0.15) is 6.17 Å². The monoisotopic (exact) mass is 776 g/mol. The summed E-state index contributed by atoms with van der Waals surface area (Å²) in [6, 6.07) is 4.08. The van der Waals surface area contributed by atoms with Gasteiger partial charge in [0, 0.05) is 85.6 Å². The van der Waals surface area contributed by atoms with Crippen LogP contribution in [0.2, 0.25) is 10.0 Å². The van der Waals surface area contributed by atoms with Crippen molar-refractivity contribution < 1.29 is 26.0 Å². The van der Waals surface area contributed by atoms with Crippen LogP contribution in [-0.2, 0) is 35.7 Å². The summed E-state index contributed by atoms with van der Waals surface area (Å²) in [5, 5.41) is 6.12. The standard InChI is InChI=1S/C34H42Cl2F4N6O2S2/c1-50(47,48)45-16-9-30-26(22-45)33(24-3-4-27(34(38,39)40)31(19-24)49-18-17-44-14-7-25(37)8-15-44)42-46(30)11-2-10-43-12-5-23(6-13-43)32-28(35)20-41-21-29(32)36/h3-4,19-21,23,25H,2,5-18,22H2,1H3. The first-order valence-corrected chi connectivity index (χ1v) is 20.6. The van der Waals surface area contributed by atoms with Crippen LogP contribution in [0.25, 0.3) is 11.3 Å². The maximum absolute atomic E-state index is 14.1. The van der Waals surface area contributed by atoms with Gasteiger partial charge in [-0.1, -0.05) is 29.3 Å². The van der Waals surface area contributed by atoms with Crippen molar-refractivity contribution in [2.75, 3.05) is 57.8 Å². The molecule has 2 fully saturated rings. The summed E-state index contributed by atoms with van der Waals surface area (Å²) in [5.41, 5.74) is 2.95. The lowest BCUT2D eigenvalue weighted by Crippen LogP contribution is -2.36. The highest BCUT2D eigenvalue weighted by atomic mass is 35.5. The molecule has 16 heteroatoms. The fraction of sp³-hybridized carbons (Fsp3) is 0.588. The lowest BCUT2D eigenvalue weighted by molar-refractivity contribution is -0.139. The van der Waals surface area contributed by atoms with E-state index in [1.165, 1.54) is 16.6 Å². The van der Waals surface area contributed by atoms with Gasteiger partial charge in [0.25, 0.3) is 0 Å². The van der Waals surface area contributed by atoms with Crippen LogP contribution in [0.4, 0.5) is 17.6 Å². The molecule has 0 spiro atoms. The summed E-state index contributed by atoms with van der Waals surface area (Å²) < 4.78 is 84.4. The Hall–Kier alpha value is -1.94. The molecule has 3 aliphatic heterocycles. The largest absolute Gasteiger partial charge is 0.417 e. The molecule has 8 nitrogen and oxygen atoms in total. The molecule has 0 bridgehead atoms. The maximum atomic E-state index is 14.1. The van der Waals surface area contributed by atoms with E-state index in [0.29, 0.717) is 79.0 Å². The molecule has 274 valence electrons. The van der Waals surface area contributed by atoms with E-state index in [9.17, 15) is 26.0 Å². The SMILES string of the molecule is CS(=O)(=O)N1CCc2c(c(-c3ccc(C(F)(F)F)c(SCCN4CCC(F)CC4)c3)nn2CCCN2CCC(c3c(Cl)cncc3Cl)CC2)C1. The Balaban J connectivity index is 1.18. The Labute approximate surface area is 305 Å². The number of sulfonamides is 1. The summed E-state index contributed by atoms with van der Waals surface area (Å²) in [7, 11) is -3.49. The highest BCUT2D eigenvalue weighted by molar-refractivity contribution is 7.99. The van der Waals surface area contributed by atoms with Gasteiger partial charge in [-0.15, -0.1) is 11.8 Å². The average Bonchev–Trinajstić information content (AvgIpc) is 3.43. The van der Waals surface area contributed by atoms with E-state index < -0.39 is 27.9 Å². The molecule has 1 aromatic carbocycles. The Kier molecular flexibility index (Phi) is 12.1. The molecular formula is C34H42Cl2F4N6O2S2. The molecule has 0 N–H and O–H groups in total. The van der Waals surface area contributed by atoms with Crippen molar-refractivity contribution in [1.82, 2.24) is 28.9 Å². The highest BCUT2D eigenvalue weighted by Crippen LogP contribution is 2.41. The number of hydrogen-bond donors (Lipinski definition) is 0. The van der Waals surface area contributed by atoms with Crippen molar-refractivity contribution in [3.63, 3.8) is 0 Å². The molecule has 2 aromatic heterocycles. The Morgan fingerprint density at radius 2 is 1.60 bits per heavy atom. The molecule has 6 rings (SSSR count). The van der Waals surface area contributed by atoms with E-state index in [2.05, 4.69) is 14.8 Å². The van der Waals surface area contributed by atoms with Crippen LogP contribution >= 0.6 is 35.0 Å². The van der Waals surface area contributed by atoms with Crippen molar-refractivity contribution in [2.45, 2.75) is 74.8 Å². The van der Waals surface area contributed by atoms with Gasteiger partial charge in [0.15, 0.2) is 0 Å². The van der Waals surface area contributed by atoms with E-state index >= 15 is 0 Å². The summed E-state index contributed by atoms with van der Waals surface area (Å²) in [5.74, 6) is 0.700. The summed E-state index contributed by atoms with van der Waals surface area (Å²) in [4.78, 5) is 8.66. The van der Waals surface area contributed by atoms with Crippen molar-refractivity contribution in [1.29, 1.82) is 0 Å². The predicted molar refractivity (Wildman–Crippen MR) is 190 cm³/mol. The second-order valence-corrected chi connectivity index (χ2v) is 17.3. The van der Waals surface area contributed by atoms with Crippen LogP contribution in [0.5, 0.6) is 0 Å². The first kappa shape index (κ1) is 37.8. The molecule has 50 heavy (non-hydrogen) atoms. The zero-order valence-corrected chi connectivity index (χ0v) is 31.1. The Morgan fingerprint density at radius 3 is 2.26 bits per heavy atom. The predicted octanol–water partition coefficient (Wildman–Crippen LogP) is 7.38. The van der Waals surface area contributed by atoms with Gasteiger partial charge in [-0.3, -0.25) is 9.67 Å². The third-order valence-electron chi connectivity index (χ3n) is 10.0. The number of nitrogens with zero attached hydrogens (tertiary/aromatic N) is 6. The molecule has 0 unspecified atom stereocenters. The van der Waals surface area contributed by atoms with Crippen molar-refractivity contribution >= 4 is 45.0 Å². The van der Waals surface area contributed by atoms with Gasteiger partial charge in [-0.05, 0) is 75.4 Å². The quantitative estimate of drug-likeness (QED) is 0.149. The van der Waals surface area contributed by atoms with Crippen LogP contribution < -0.4 is 0 Å². The lowest BCUT2D eigenvalue weighted by atomic mass is 9.90. The number of piperidine rings is 2. The number of rotatable bonds is 11. The molecule has 0 saturated carbocycles. The number of benzene rings is 1. The molecule has 0 atom stereocenters. The Morgan fingerprint density at radius 1 is 0.940 bits per heavy atom. The number of halogens is 6. The molecule has 0 aliphatic carbocycles. The molecular weight excluding hydrogens is 735 g/mol. The molecule has 0 radical (unpaired) electrons. The number of alkyl halides is 4. The van der Waals surface area contributed by atoms with E-state index in [1.807, 2.05) is 4.68 Å². The number of aromatic nitrogens is 3. The minimum atomic E-state index is -4.54. The minimum absolute atomic E-state index is 0.104.